The Hall–Kier alpha value is -2.18. The summed E-state index contributed by atoms with van der Waals surface area (Å²) in [6.07, 6.45) is 10.4. The Morgan fingerprint density at radius 3 is 3.00 bits per heavy atom. The Labute approximate surface area is 142 Å². The van der Waals surface area contributed by atoms with Crippen LogP contribution < -0.4 is 9.64 Å². The Bertz CT molecular complexity index is 700. The molecule has 1 saturated heterocycles. The zero-order valence-corrected chi connectivity index (χ0v) is 14.2. The molecule has 4 heterocycles. The molecule has 0 saturated carbocycles. The van der Waals surface area contributed by atoms with Gasteiger partial charge >= 0.3 is 0 Å². The minimum Gasteiger partial charge on any atom is -0.477 e. The average molecular weight is 328 g/mol. The molecule has 1 atom stereocenters. The molecule has 0 aromatic carbocycles. The topological polar surface area (TPSA) is 69.0 Å². The highest BCUT2D eigenvalue weighted by Gasteiger charge is 2.32. The van der Waals surface area contributed by atoms with E-state index in [1.54, 1.807) is 6.20 Å². The summed E-state index contributed by atoms with van der Waals surface area (Å²) in [7, 11) is 0. The summed E-state index contributed by atoms with van der Waals surface area (Å²) in [5, 5.41) is 9.01. The van der Waals surface area contributed by atoms with Gasteiger partial charge in [-0.1, -0.05) is 6.42 Å². The van der Waals surface area contributed by atoms with Crippen LogP contribution >= 0.6 is 0 Å². The molecule has 1 fully saturated rings. The minimum absolute atomic E-state index is 0.232. The Balaban J connectivity index is 1.64. The van der Waals surface area contributed by atoms with E-state index in [-0.39, 0.29) is 6.04 Å². The third-order valence-corrected chi connectivity index (χ3v) is 4.88. The van der Waals surface area contributed by atoms with E-state index < -0.39 is 0 Å². The highest BCUT2D eigenvalue weighted by Crippen LogP contribution is 2.35. The number of hydrogen-bond donors (Lipinski definition) is 0. The van der Waals surface area contributed by atoms with Crippen LogP contribution in [0.4, 0.5) is 5.82 Å². The number of ether oxygens (including phenoxy) is 1. The molecular weight excluding hydrogens is 304 g/mol. The van der Waals surface area contributed by atoms with Gasteiger partial charge < -0.3 is 14.2 Å². The Morgan fingerprint density at radius 2 is 2.08 bits per heavy atom. The van der Waals surface area contributed by atoms with E-state index in [9.17, 15) is 0 Å². The van der Waals surface area contributed by atoms with Crippen LogP contribution in [0.25, 0.3) is 0 Å². The number of anilines is 1. The normalized spacial score (nSPS) is 20.7. The van der Waals surface area contributed by atoms with Gasteiger partial charge in [0.05, 0.1) is 25.0 Å². The SMILES string of the molecule is CCOc1cncc(N2CCC[C@H]2c2nnc3n2CCCCC3)n1. The lowest BCUT2D eigenvalue weighted by molar-refractivity contribution is 0.325. The van der Waals surface area contributed by atoms with Gasteiger partial charge in [0.2, 0.25) is 5.88 Å². The van der Waals surface area contributed by atoms with Gasteiger partial charge in [0.25, 0.3) is 0 Å². The van der Waals surface area contributed by atoms with E-state index in [1.165, 1.54) is 19.3 Å². The van der Waals surface area contributed by atoms with Crippen LogP contribution in [0.1, 0.15) is 56.7 Å². The molecule has 4 rings (SSSR count). The van der Waals surface area contributed by atoms with Crippen LogP contribution in [0.15, 0.2) is 12.4 Å². The zero-order chi connectivity index (χ0) is 16.4. The third-order valence-electron chi connectivity index (χ3n) is 4.88. The van der Waals surface area contributed by atoms with Crippen LogP contribution in [0.3, 0.4) is 0 Å². The van der Waals surface area contributed by atoms with Crippen molar-refractivity contribution in [1.82, 2.24) is 24.7 Å². The average Bonchev–Trinajstić information content (AvgIpc) is 3.16. The highest BCUT2D eigenvalue weighted by molar-refractivity contribution is 5.41. The second-order valence-electron chi connectivity index (χ2n) is 6.44. The van der Waals surface area contributed by atoms with Gasteiger partial charge in [-0.25, -0.2) is 0 Å². The maximum atomic E-state index is 5.51. The molecule has 128 valence electrons. The molecule has 2 aromatic rings. The second kappa shape index (κ2) is 6.75. The number of nitrogens with zero attached hydrogens (tertiary/aromatic N) is 6. The summed E-state index contributed by atoms with van der Waals surface area (Å²) in [4.78, 5) is 11.2. The van der Waals surface area contributed by atoms with Gasteiger partial charge in [-0.2, -0.15) is 4.98 Å². The van der Waals surface area contributed by atoms with Crippen molar-refractivity contribution < 1.29 is 4.74 Å². The predicted octanol–water partition coefficient (Wildman–Crippen LogP) is 2.53. The molecule has 0 unspecified atom stereocenters. The first kappa shape index (κ1) is 15.4. The van der Waals surface area contributed by atoms with Gasteiger partial charge in [-0.15, -0.1) is 10.2 Å². The lowest BCUT2D eigenvalue weighted by Gasteiger charge is -2.25. The fourth-order valence-electron chi connectivity index (χ4n) is 3.76. The van der Waals surface area contributed by atoms with Crippen LogP contribution in [0.5, 0.6) is 5.88 Å². The first-order valence-corrected chi connectivity index (χ1v) is 9.00. The lowest BCUT2D eigenvalue weighted by Crippen LogP contribution is -2.26. The van der Waals surface area contributed by atoms with Crippen molar-refractivity contribution in [3.8, 4) is 5.88 Å². The largest absolute Gasteiger partial charge is 0.477 e. The summed E-state index contributed by atoms with van der Waals surface area (Å²) in [6, 6.07) is 0.232. The van der Waals surface area contributed by atoms with Gasteiger partial charge in [0.15, 0.2) is 11.6 Å². The number of aryl methyl sites for hydroxylation is 1. The molecule has 0 radical (unpaired) electrons. The standard InChI is InChI=1S/C17H24N6O/c1-2-24-16-12-18-11-15(19-16)22-10-6-7-13(22)17-21-20-14-8-4-3-5-9-23(14)17/h11-13H,2-10H2,1H3/t13-/m0/s1. The molecule has 24 heavy (non-hydrogen) atoms. The van der Waals surface area contributed by atoms with Gasteiger partial charge in [0.1, 0.15) is 5.82 Å². The zero-order valence-electron chi connectivity index (χ0n) is 14.2. The molecule has 2 aliphatic heterocycles. The van der Waals surface area contributed by atoms with E-state index in [1.807, 2.05) is 13.1 Å². The van der Waals surface area contributed by atoms with Crippen molar-refractivity contribution in [3.05, 3.63) is 24.0 Å². The number of hydrogen-bond acceptors (Lipinski definition) is 6. The predicted molar refractivity (Wildman–Crippen MR) is 90.1 cm³/mol. The van der Waals surface area contributed by atoms with E-state index in [0.717, 1.165) is 49.8 Å². The van der Waals surface area contributed by atoms with Crippen LogP contribution in [0.2, 0.25) is 0 Å². The van der Waals surface area contributed by atoms with Crippen molar-refractivity contribution in [2.75, 3.05) is 18.1 Å². The molecule has 0 aliphatic carbocycles. The molecule has 0 amide bonds. The molecule has 0 N–H and O–H groups in total. The smallest absolute Gasteiger partial charge is 0.234 e. The first-order valence-electron chi connectivity index (χ1n) is 9.00. The third kappa shape index (κ3) is 2.83. The lowest BCUT2D eigenvalue weighted by atomic mass is 10.2. The van der Waals surface area contributed by atoms with Crippen LogP contribution in [-0.4, -0.2) is 37.9 Å². The van der Waals surface area contributed by atoms with Crippen LogP contribution in [-0.2, 0) is 13.0 Å². The number of aromatic nitrogens is 5. The second-order valence-corrected chi connectivity index (χ2v) is 6.44. The fourth-order valence-corrected chi connectivity index (χ4v) is 3.76. The molecule has 0 spiro atoms. The van der Waals surface area contributed by atoms with Crippen LogP contribution in [0, 0.1) is 0 Å². The van der Waals surface area contributed by atoms with E-state index in [0.29, 0.717) is 12.5 Å². The number of fused-ring (bicyclic) bond motifs is 1. The van der Waals surface area contributed by atoms with Crippen molar-refractivity contribution >= 4 is 5.82 Å². The fraction of sp³-hybridized carbons (Fsp3) is 0.647. The van der Waals surface area contributed by atoms with Gasteiger partial charge in [-0.3, -0.25) is 4.98 Å². The molecule has 2 aromatic heterocycles. The van der Waals surface area contributed by atoms with Crippen molar-refractivity contribution in [2.24, 2.45) is 0 Å². The minimum atomic E-state index is 0.232. The Morgan fingerprint density at radius 1 is 1.12 bits per heavy atom. The van der Waals surface area contributed by atoms with E-state index >= 15 is 0 Å². The maximum Gasteiger partial charge on any atom is 0.234 e. The van der Waals surface area contributed by atoms with Crippen molar-refractivity contribution in [3.63, 3.8) is 0 Å². The molecule has 0 bridgehead atoms. The summed E-state index contributed by atoms with van der Waals surface area (Å²) >= 11 is 0. The summed E-state index contributed by atoms with van der Waals surface area (Å²) in [5.74, 6) is 3.69. The van der Waals surface area contributed by atoms with Crippen molar-refractivity contribution in [2.45, 2.75) is 58.0 Å². The molecular formula is C17H24N6O. The van der Waals surface area contributed by atoms with Crippen molar-refractivity contribution in [1.29, 1.82) is 0 Å². The van der Waals surface area contributed by atoms with E-state index in [2.05, 4.69) is 29.6 Å². The summed E-state index contributed by atoms with van der Waals surface area (Å²) in [5.41, 5.74) is 0. The molecule has 7 heteroatoms. The quantitative estimate of drug-likeness (QED) is 0.859. The van der Waals surface area contributed by atoms with E-state index in [4.69, 9.17) is 4.74 Å². The van der Waals surface area contributed by atoms with Gasteiger partial charge in [0, 0.05) is 19.5 Å². The molecule has 7 nitrogen and oxygen atoms in total. The Kier molecular flexibility index (Phi) is 4.32. The molecule has 2 aliphatic rings. The monoisotopic (exact) mass is 328 g/mol. The number of rotatable bonds is 4. The highest BCUT2D eigenvalue weighted by atomic mass is 16.5. The van der Waals surface area contributed by atoms with Gasteiger partial charge in [-0.05, 0) is 32.6 Å². The summed E-state index contributed by atoms with van der Waals surface area (Å²) in [6.45, 7) is 4.56. The first-order chi connectivity index (χ1) is 11.9. The summed E-state index contributed by atoms with van der Waals surface area (Å²) < 4.78 is 7.85. The maximum absolute atomic E-state index is 5.51.